The second kappa shape index (κ2) is 7.22. The van der Waals surface area contributed by atoms with Gasteiger partial charge in [-0.15, -0.1) is 0 Å². The van der Waals surface area contributed by atoms with Crippen LogP contribution in [0, 0.1) is 5.41 Å². The second-order valence-corrected chi connectivity index (χ2v) is 8.14. The van der Waals surface area contributed by atoms with Gasteiger partial charge in [-0.2, -0.15) is 0 Å². The van der Waals surface area contributed by atoms with Gasteiger partial charge in [0.05, 0.1) is 17.5 Å². The molecule has 0 unspecified atom stereocenters. The van der Waals surface area contributed by atoms with Crippen LogP contribution in [0.2, 0.25) is 0 Å². The molecule has 8 nitrogen and oxygen atoms in total. The highest BCUT2D eigenvalue weighted by Gasteiger charge is 2.21. The first-order chi connectivity index (χ1) is 14.2. The Labute approximate surface area is 172 Å². The maximum absolute atomic E-state index is 13.2. The van der Waals surface area contributed by atoms with Crippen LogP contribution in [0.25, 0.3) is 16.7 Å². The molecule has 2 N–H and O–H groups in total. The average molecular weight is 402 g/mol. The number of amides is 1. The minimum Gasteiger partial charge on any atom is -0.347 e. The highest BCUT2D eigenvalue weighted by Crippen LogP contribution is 2.13. The van der Waals surface area contributed by atoms with Gasteiger partial charge < -0.3 is 9.88 Å². The van der Waals surface area contributed by atoms with Gasteiger partial charge in [-0.1, -0.05) is 12.1 Å². The van der Waals surface area contributed by atoms with Crippen LogP contribution in [0.4, 0.5) is 0 Å². The molecule has 4 aromatic rings. The zero-order valence-electron chi connectivity index (χ0n) is 17.0. The SMILES string of the molecule is CC(C)(C)NC(=O)c1cc2c(=O)n3ccccc3nc2n(Cc2cccnc2)c1=N. The quantitative estimate of drug-likeness (QED) is 0.512. The van der Waals surface area contributed by atoms with Crippen LogP contribution in [-0.4, -0.2) is 30.4 Å². The van der Waals surface area contributed by atoms with Crippen LogP contribution in [0.5, 0.6) is 0 Å². The van der Waals surface area contributed by atoms with Crippen LogP contribution in [0.1, 0.15) is 36.7 Å². The Morgan fingerprint density at radius 3 is 2.70 bits per heavy atom. The highest BCUT2D eigenvalue weighted by molar-refractivity contribution is 5.97. The number of aromatic nitrogens is 4. The number of rotatable bonds is 3. The fourth-order valence-electron chi connectivity index (χ4n) is 3.30. The van der Waals surface area contributed by atoms with E-state index in [4.69, 9.17) is 5.41 Å². The number of carbonyl (C=O) groups is 1. The molecule has 0 aliphatic carbocycles. The summed E-state index contributed by atoms with van der Waals surface area (Å²) in [6, 6.07) is 10.4. The molecule has 0 spiro atoms. The second-order valence-electron chi connectivity index (χ2n) is 8.14. The summed E-state index contributed by atoms with van der Waals surface area (Å²) < 4.78 is 3.02. The lowest BCUT2D eigenvalue weighted by molar-refractivity contribution is 0.0917. The standard InChI is InChI=1S/C22H22N6O2/c1-22(2,3)26-20(29)15-11-16-19(25-17-8-4-5-10-27(17)21(16)30)28(18(15)23)13-14-7-6-9-24-12-14/h4-12,23H,13H2,1-3H3,(H,26,29). The summed E-state index contributed by atoms with van der Waals surface area (Å²) in [4.78, 5) is 34.8. The highest BCUT2D eigenvalue weighted by atomic mass is 16.2. The molecule has 30 heavy (non-hydrogen) atoms. The van der Waals surface area contributed by atoms with Crippen molar-refractivity contribution >= 4 is 22.6 Å². The van der Waals surface area contributed by atoms with E-state index in [0.717, 1.165) is 5.56 Å². The Morgan fingerprint density at radius 1 is 1.20 bits per heavy atom. The summed E-state index contributed by atoms with van der Waals surface area (Å²) in [7, 11) is 0. The van der Waals surface area contributed by atoms with E-state index in [1.165, 1.54) is 10.5 Å². The molecule has 1 amide bonds. The molecule has 0 saturated heterocycles. The minimum atomic E-state index is -0.483. The van der Waals surface area contributed by atoms with Gasteiger partial charge in [0.2, 0.25) is 0 Å². The fourth-order valence-corrected chi connectivity index (χ4v) is 3.30. The summed E-state index contributed by atoms with van der Waals surface area (Å²) in [6.45, 7) is 5.85. The monoisotopic (exact) mass is 402 g/mol. The van der Waals surface area contributed by atoms with Crippen molar-refractivity contribution in [2.24, 2.45) is 0 Å². The number of carbonyl (C=O) groups excluding carboxylic acids is 1. The van der Waals surface area contributed by atoms with Gasteiger partial charge in [-0.25, -0.2) is 4.98 Å². The first-order valence-corrected chi connectivity index (χ1v) is 9.55. The van der Waals surface area contributed by atoms with Crippen molar-refractivity contribution in [3.8, 4) is 0 Å². The van der Waals surface area contributed by atoms with E-state index in [2.05, 4.69) is 15.3 Å². The van der Waals surface area contributed by atoms with Crippen LogP contribution in [-0.2, 0) is 6.54 Å². The third kappa shape index (κ3) is 3.59. The predicted molar refractivity (Wildman–Crippen MR) is 113 cm³/mol. The van der Waals surface area contributed by atoms with Crippen LogP contribution in [0.3, 0.4) is 0 Å². The van der Waals surface area contributed by atoms with Crippen molar-refractivity contribution in [3.05, 3.63) is 82.0 Å². The van der Waals surface area contributed by atoms with Gasteiger partial charge in [0.25, 0.3) is 11.5 Å². The molecular weight excluding hydrogens is 380 g/mol. The van der Waals surface area contributed by atoms with E-state index >= 15 is 0 Å². The number of hydrogen-bond acceptors (Lipinski definition) is 5. The zero-order valence-corrected chi connectivity index (χ0v) is 17.0. The minimum absolute atomic E-state index is 0.0136. The molecule has 0 fully saturated rings. The van der Waals surface area contributed by atoms with Gasteiger partial charge in [0.1, 0.15) is 16.8 Å². The molecule has 4 aromatic heterocycles. The molecule has 8 heteroatoms. The molecule has 0 bridgehead atoms. The largest absolute Gasteiger partial charge is 0.347 e. The topological polar surface area (TPSA) is 105 Å². The first-order valence-electron chi connectivity index (χ1n) is 9.55. The van der Waals surface area contributed by atoms with E-state index < -0.39 is 11.4 Å². The number of pyridine rings is 3. The lowest BCUT2D eigenvalue weighted by Crippen LogP contribution is -2.43. The van der Waals surface area contributed by atoms with E-state index in [0.29, 0.717) is 11.3 Å². The third-order valence-electron chi connectivity index (χ3n) is 4.61. The van der Waals surface area contributed by atoms with Gasteiger partial charge in [0.15, 0.2) is 0 Å². The maximum Gasteiger partial charge on any atom is 0.267 e. The maximum atomic E-state index is 13.2. The zero-order chi connectivity index (χ0) is 21.5. The molecule has 4 heterocycles. The van der Waals surface area contributed by atoms with Gasteiger partial charge >= 0.3 is 0 Å². The van der Waals surface area contributed by atoms with Crippen molar-refractivity contribution < 1.29 is 4.79 Å². The van der Waals surface area contributed by atoms with Crippen molar-refractivity contribution in [1.29, 1.82) is 5.41 Å². The lowest BCUT2D eigenvalue weighted by Gasteiger charge is -2.21. The summed E-state index contributed by atoms with van der Waals surface area (Å²) >= 11 is 0. The Kier molecular flexibility index (Phi) is 4.69. The number of nitrogens with zero attached hydrogens (tertiary/aromatic N) is 4. The molecule has 0 aliphatic rings. The molecule has 4 rings (SSSR count). The number of hydrogen-bond donors (Lipinski definition) is 2. The lowest BCUT2D eigenvalue weighted by atomic mass is 10.1. The normalized spacial score (nSPS) is 11.7. The Balaban J connectivity index is 2.04. The summed E-state index contributed by atoms with van der Waals surface area (Å²) in [6.07, 6.45) is 4.99. The van der Waals surface area contributed by atoms with E-state index in [1.54, 1.807) is 47.4 Å². The number of nitrogens with one attached hydrogen (secondary N) is 2. The summed E-state index contributed by atoms with van der Waals surface area (Å²) in [5.74, 6) is -0.410. The van der Waals surface area contributed by atoms with Gasteiger partial charge in [-0.3, -0.25) is 24.4 Å². The summed E-state index contributed by atoms with van der Waals surface area (Å²) in [5.41, 5.74) is 0.995. The molecule has 0 radical (unpaired) electrons. The molecule has 152 valence electrons. The van der Waals surface area contributed by atoms with Crippen LogP contribution >= 0.6 is 0 Å². The van der Waals surface area contributed by atoms with Crippen molar-refractivity contribution in [1.82, 2.24) is 24.3 Å². The van der Waals surface area contributed by atoms with Crippen LogP contribution in [0.15, 0.2) is 59.8 Å². The molecule has 0 atom stereocenters. The van der Waals surface area contributed by atoms with E-state index in [1.807, 2.05) is 26.8 Å². The van der Waals surface area contributed by atoms with Crippen molar-refractivity contribution in [2.45, 2.75) is 32.9 Å². The smallest absolute Gasteiger partial charge is 0.267 e. The van der Waals surface area contributed by atoms with Crippen LogP contribution < -0.4 is 16.4 Å². The molecule has 0 saturated carbocycles. The van der Waals surface area contributed by atoms with Gasteiger partial charge in [-0.05, 0) is 50.6 Å². The van der Waals surface area contributed by atoms with Crippen molar-refractivity contribution in [3.63, 3.8) is 0 Å². The summed E-state index contributed by atoms with van der Waals surface area (Å²) in [5, 5.41) is 11.9. The average Bonchev–Trinajstić information content (AvgIpc) is 2.70. The third-order valence-corrected chi connectivity index (χ3v) is 4.61. The molecular formula is C22H22N6O2. The predicted octanol–water partition coefficient (Wildman–Crippen LogP) is 2.10. The van der Waals surface area contributed by atoms with Crippen molar-refractivity contribution in [2.75, 3.05) is 0 Å². The van der Waals surface area contributed by atoms with Gasteiger partial charge in [0, 0.05) is 24.1 Å². The van der Waals surface area contributed by atoms with E-state index in [-0.39, 0.29) is 28.5 Å². The first kappa shape index (κ1) is 19.5. The Morgan fingerprint density at radius 2 is 2.00 bits per heavy atom. The fraction of sp³-hybridized carbons (Fsp3) is 0.227. The Bertz CT molecular complexity index is 1380. The molecule has 0 aromatic carbocycles. The molecule has 0 aliphatic heterocycles. The number of fused-ring (bicyclic) bond motifs is 2. The van der Waals surface area contributed by atoms with E-state index in [9.17, 15) is 9.59 Å². The Hall–Kier alpha value is -3.81.